The van der Waals surface area contributed by atoms with Crippen molar-refractivity contribution in [2.75, 3.05) is 7.11 Å². The van der Waals surface area contributed by atoms with E-state index in [9.17, 15) is 5.11 Å². The minimum atomic E-state index is -0.769. The summed E-state index contributed by atoms with van der Waals surface area (Å²) in [6, 6.07) is 7.61. The summed E-state index contributed by atoms with van der Waals surface area (Å²) in [7, 11) is 1.56. The van der Waals surface area contributed by atoms with Gasteiger partial charge in [-0.2, -0.15) is 17.0 Å². The molecule has 0 spiro atoms. The molecule has 0 saturated carbocycles. The minimum Gasteiger partial charge on any atom is -0.495 e. The van der Waals surface area contributed by atoms with Gasteiger partial charge >= 0.3 is 0 Å². The zero-order valence-corrected chi connectivity index (χ0v) is 11.7. The molecule has 0 aromatic heterocycles. The molecule has 0 aliphatic carbocycles. The SMILES string of the molecule is COc1ccc(C2(O)CC3CCC(C2)S3)cc1C#N. The zero-order valence-electron chi connectivity index (χ0n) is 10.9. The van der Waals surface area contributed by atoms with E-state index in [2.05, 4.69) is 6.07 Å². The van der Waals surface area contributed by atoms with Crippen LogP contribution in [0.2, 0.25) is 0 Å². The predicted octanol–water partition coefficient (Wildman–Crippen LogP) is 2.81. The third-order valence-corrected chi connectivity index (χ3v) is 5.76. The maximum atomic E-state index is 10.9. The normalized spacial score (nSPS) is 32.9. The van der Waals surface area contributed by atoms with Crippen molar-refractivity contribution in [2.24, 2.45) is 0 Å². The van der Waals surface area contributed by atoms with Gasteiger partial charge in [0.1, 0.15) is 11.8 Å². The van der Waals surface area contributed by atoms with E-state index in [1.54, 1.807) is 19.2 Å². The van der Waals surface area contributed by atoms with E-state index in [0.29, 0.717) is 21.8 Å². The summed E-state index contributed by atoms with van der Waals surface area (Å²) < 4.78 is 5.16. The summed E-state index contributed by atoms with van der Waals surface area (Å²) >= 11 is 2.02. The number of aliphatic hydroxyl groups is 1. The fourth-order valence-electron chi connectivity index (χ4n) is 3.24. The van der Waals surface area contributed by atoms with Gasteiger partial charge in [0.15, 0.2) is 0 Å². The van der Waals surface area contributed by atoms with Gasteiger partial charge in [-0.15, -0.1) is 0 Å². The lowest BCUT2D eigenvalue weighted by Crippen LogP contribution is -2.34. The van der Waals surface area contributed by atoms with Crippen LogP contribution in [0, 0.1) is 11.3 Å². The highest BCUT2D eigenvalue weighted by Crippen LogP contribution is 2.51. The first-order chi connectivity index (χ1) is 9.14. The molecule has 2 aliphatic rings. The van der Waals surface area contributed by atoms with Gasteiger partial charge in [-0.05, 0) is 43.4 Å². The lowest BCUT2D eigenvalue weighted by molar-refractivity contribution is 0.0196. The lowest BCUT2D eigenvalue weighted by Gasteiger charge is -2.36. The van der Waals surface area contributed by atoms with Crippen molar-refractivity contribution in [2.45, 2.75) is 41.8 Å². The average molecular weight is 275 g/mol. The molecule has 3 nitrogen and oxygen atoms in total. The first-order valence-electron chi connectivity index (χ1n) is 6.61. The van der Waals surface area contributed by atoms with Crippen LogP contribution < -0.4 is 4.74 Å². The predicted molar refractivity (Wildman–Crippen MR) is 75.2 cm³/mol. The fourth-order valence-corrected chi connectivity index (χ4v) is 5.07. The van der Waals surface area contributed by atoms with E-state index < -0.39 is 5.60 Å². The quantitative estimate of drug-likeness (QED) is 0.901. The van der Waals surface area contributed by atoms with Crippen molar-refractivity contribution in [3.63, 3.8) is 0 Å². The molecule has 19 heavy (non-hydrogen) atoms. The number of rotatable bonds is 2. The first-order valence-corrected chi connectivity index (χ1v) is 7.55. The van der Waals surface area contributed by atoms with E-state index in [1.807, 2.05) is 17.8 Å². The molecule has 2 fully saturated rings. The van der Waals surface area contributed by atoms with E-state index in [1.165, 1.54) is 12.8 Å². The van der Waals surface area contributed by atoms with Gasteiger partial charge in [0.05, 0.1) is 18.3 Å². The fraction of sp³-hybridized carbons (Fsp3) is 0.533. The molecule has 0 radical (unpaired) electrons. The Morgan fingerprint density at radius 3 is 2.63 bits per heavy atom. The molecule has 2 bridgehead atoms. The van der Waals surface area contributed by atoms with Crippen LogP contribution in [0.3, 0.4) is 0 Å². The Kier molecular flexibility index (Phi) is 3.20. The number of methoxy groups -OCH3 is 1. The van der Waals surface area contributed by atoms with Crippen LogP contribution in [0.1, 0.15) is 36.8 Å². The zero-order chi connectivity index (χ0) is 13.5. The lowest BCUT2D eigenvalue weighted by atomic mass is 9.85. The van der Waals surface area contributed by atoms with Gasteiger partial charge in [0.2, 0.25) is 0 Å². The molecule has 2 saturated heterocycles. The Morgan fingerprint density at radius 1 is 1.37 bits per heavy atom. The van der Waals surface area contributed by atoms with E-state index in [0.717, 1.165) is 18.4 Å². The number of thioether (sulfide) groups is 1. The number of nitriles is 1. The number of ether oxygens (including phenoxy) is 1. The standard InChI is InChI=1S/C15H17NO2S/c1-18-14-5-2-11(6-10(14)9-16)15(17)7-12-3-4-13(8-15)19-12/h2,5-6,12-13,17H,3-4,7-8H2,1H3. The molecule has 1 aromatic rings. The molecule has 1 N–H and O–H groups in total. The number of nitrogens with zero attached hydrogens (tertiary/aromatic N) is 1. The Morgan fingerprint density at radius 2 is 2.05 bits per heavy atom. The maximum absolute atomic E-state index is 10.9. The van der Waals surface area contributed by atoms with Crippen molar-refractivity contribution in [3.8, 4) is 11.8 Å². The van der Waals surface area contributed by atoms with Crippen LogP contribution >= 0.6 is 11.8 Å². The molecule has 0 amide bonds. The highest BCUT2D eigenvalue weighted by Gasteiger charge is 2.44. The Balaban J connectivity index is 1.95. The molecular weight excluding hydrogens is 258 g/mol. The summed E-state index contributed by atoms with van der Waals surface area (Å²) in [6.45, 7) is 0. The van der Waals surface area contributed by atoms with Gasteiger partial charge in [-0.1, -0.05) is 6.07 Å². The number of hydrogen-bond acceptors (Lipinski definition) is 4. The van der Waals surface area contributed by atoms with Crippen LogP contribution in [-0.4, -0.2) is 22.7 Å². The number of fused-ring (bicyclic) bond motifs is 2. The number of hydrogen-bond donors (Lipinski definition) is 1. The van der Waals surface area contributed by atoms with Gasteiger partial charge in [0.25, 0.3) is 0 Å². The third kappa shape index (κ3) is 2.22. The highest BCUT2D eigenvalue weighted by molar-refractivity contribution is 8.00. The summed E-state index contributed by atoms with van der Waals surface area (Å²) in [5.74, 6) is 0.572. The smallest absolute Gasteiger partial charge is 0.136 e. The monoisotopic (exact) mass is 275 g/mol. The maximum Gasteiger partial charge on any atom is 0.136 e. The molecular formula is C15H17NO2S. The van der Waals surface area contributed by atoms with Crippen LogP contribution in [0.15, 0.2) is 18.2 Å². The number of benzene rings is 1. The second-order valence-electron chi connectivity index (χ2n) is 5.42. The van der Waals surface area contributed by atoms with Gasteiger partial charge in [-0.3, -0.25) is 0 Å². The van der Waals surface area contributed by atoms with Crippen LogP contribution in [0.4, 0.5) is 0 Å². The van der Waals surface area contributed by atoms with Gasteiger partial charge in [0, 0.05) is 10.5 Å². The highest BCUT2D eigenvalue weighted by atomic mass is 32.2. The summed E-state index contributed by atoms with van der Waals surface area (Å²) in [5, 5.41) is 21.2. The Bertz CT molecular complexity index is 525. The molecule has 2 unspecified atom stereocenters. The second-order valence-corrected chi connectivity index (χ2v) is 7.03. The van der Waals surface area contributed by atoms with E-state index in [-0.39, 0.29) is 0 Å². The molecule has 3 rings (SSSR count). The van der Waals surface area contributed by atoms with E-state index >= 15 is 0 Å². The van der Waals surface area contributed by atoms with Gasteiger partial charge < -0.3 is 9.84 Å². The van der Waals surface area contributed by atoms with Crippen molar-refractivity contribution in [1.82, 2.24) is 0 Å². The molecule has 1 aromatic carbocycles. The van der Waals surface area contributed by atoms with Crippen molar-refractivity contribution >= 4 is 11.8 Å². The van der Waals surface area contributed by atoms with Crippen LogP contribution in [-0.2, 0) is 5.60 Å². The van der Waals surface area contributed by atoms with Crippen LogP contribution in [0.25, 0.3) is 0 Å². The van der Waals surface area contributed by atoms with Gasteiger partial charge in [-0.25, -0.2) is 0 Å². The summed E-state index contributed by atoms with van der Waals surface area (Å²) in [5.41, 5.74) is 0.593. The van der Waals surface area contributed by atoms with Crippen molar-refractivity contribution in [3.05, 3.63) is 29.3 Å². The largest absolute Gasteiger partial charge is 0.495 e. The second kappa shape index (κ2) is 4.73. The molecule has 2 aliphatic heterocycles. The summed E-state index contributed by atoms with van der Waals surface area (Å²) in [6.07, 6.45) is 4.01. The Hall–Kier alpha value is -1.18. The molecule has 2 atom stereocenters. The molecule has 2 heterocycles. The van der Waals surface area contributed by atoms with Crippen molar-refractivity contribution < 1.29 is 9.84 Å². The average Bonchev–Trinajstić information content (AvgIpc) is 2.77. The van der Waals surface area contributed by atoms with E-state index in [4.69, 9.17) is 10.00 Å². The summed E-state index contributed by atoms with van der Waals surface area (Å²) in [4.78, 5) is 0. The molecule has 100 valence electrons. The molecule has 4 heteroatoms. The topological polar surface area (TPSA) is 53.2 Å². The minimum absolute atomic E-state index is 0.499. The third-order valence-electron chi connectivity index (χ3n) is 4.18. The van der Waals surface area contributed by atoms with Crippen LogP contribution in [0.5, 0.6) is 5.75 Å². The van der Waals surface area contributed by atoms with Crippen molar-refractivity contribution in [1.29, 1.82) is 5.26 Å². The first kappa shape index (κ1) is 12.8. The Labute approximate surface area is 117 Å².